The van der Waals surface area contributed by atoms with Crippen molar-refractivity contribution in [2.75, 3.05) is 6.61 Å². The quantitative estimate of drug-likeness (QED) is 0.770. The predicted octanol–water partition coefficient (Wildman–Crippen LogP) is 3.12. The maximum atomic E-state index is 5.52. The highest BCUT2D eigenvalue weighted by Gasteiger charge is 2.04. The molecule has 4 nitrogen and oxygen atoms in total. The van der Waals surface area contributed by atoms with Crippen molar-refractivity contribution < 1.29 is 4.74 Å². The predicted molar refractivity (Wildman–Crippen MR) is 84.8 cm³/mol. The standard InChI is InChI=1S/C17H25N3O/c1-3-9-20-14-19-12-17(20)11-18-10-15-7-5-6-8-16(15)13-21-4-2/h5-8,12,14,18H,3-4,9-11,13H2,1-2H3. The van der Waals surface area contributed by atoms with Crippen LogP contribution in [-0.4, -0.2) is 16.2 Å². The summed E-state index contributed by atoms with van der Waals surface area (Å²) in [5, 5.41) is 3.50. The molecule has 114 valence electrons. The highest BCUT2D eigenvalue weighted by Crippen LogP contribution is 2.10. The zero-order chi connectivity index (χ0) is 14.9. The summed E-state index contributed by atoms with van der Waals surface area (Å²) in [4.78, 5) is 4.23. The normalized spacial score (nSPS) is 11.0. The summed E-state index contributed by atoms with van der Waals surface area (Å²) in [6, 6.07) is 8.43. The summed E-state index contributed by atoms with van der Waals surface area (Å²) in [6.07, 6.45) is 4.97. The smallest absolute Gasteiger partial charge is 0.0948 e. The third-order valence-corrected chi connectivity index (χ3v) is 3.46. The molecule has 0 fully saturated rings. The molecule has 2 aromatic rings. The van der Waals surface area contributed by atoms with E-state index >= 15 is 0 Å². The highest BCUT2D eigenvalue weighted by atomic mass is 16.5. The maximum absolute atomic E-state index is 5.52. The monoisotopic (exact) mass is 287 g/mol. The first kappa shape index (κ1) is 15.7. The van der Waals surface area contributed by atoms with Gasteiger partial charge in [0.15, 0.2) is 0 Å². The van der Waals surface area contributed by atoms with Gasteiger partial charge in [-0.2, -0.15) is 0 Å². The Morgan fingerprint density at radius 1 is 1.14 bits per heavy atom. The van der Waals surface area contributed by atoms with E-state index in [9.17, 15) is 0 Å². The molecule has 0 spiro atoms. The van der Waals surface area contributed by atoms with Gasteiger partial charge in [-0.15, -0.1) is 0 Å². The Kier molecular flexibility index (Phi) is 6.44. The van der Waals surface area contributed by atoms with Crippen molar-refractivity contribution in [2.24, 2.45) is 0 Å². The summed E-state index contributed by atoms with van der Waals surface area (Å²) in [6.45, 7) is 8.35. The molecule has 0 unspecified atom stereocenters. The van der Waals surface area contributed by atoms with Crippen LogP contribution in [0.5, 0.6) is 0 Å². The zero-order valence-electron chi connectivity index (χ0n) is 13.0. The maximum Gasteiger partial charge on any atom is 0.0948 e. The molecule has 0 radical (unpaired) electrons. The van der Waals surface area contributed by atoms with E-state index in [0.717, 1.165) is 32.7 Å². The van der Waals surface area contributed by atoms with Crippen molar-refractivity contribution in [3.8, 4) is 0 Å². The van der Waals surface area contributed by atoms with E-state index in [1.807, 2.05) is 19.4 Å². The fraction of sp³-hybridized carbons (Fsp3) is 0.471. The van der Waals surface area contributed by atoms with Gasteiger partial charge in [-0.25, -0.2) is 4.98 Å². The molecule has 0 aliphatic rings. The van der Waals surface area contributed by atoms with Crippen LogP contribution < -0.4 is 5.32 Å². The summed E-state index contributed by atoms with van der Waals surface area (Å²) in [5.74, 6) is 0. The molecular weight excluding hydrogens is 262 g/mol. The molecule has 1 heterocycles. The Hall–Kier alpha value is -1.65. The lowest BCUT2D eigenvalue weighted by atomic mass is 10.1. The molecule has 0 atom stereocenters. The van der Waals surface area contributed by atoms with Crippen molar-refractivity contribution in [3.05, 3.63) is 53.6 Å². The largest absolute Gasteiger partial charge is 0.377 e. The van der Waals surface area contributed by atoms with Gasteiger partial charge in [0, 0.05) is 32.4 Å². The second-order valence-electron chi connectivity index (χ2n) is 5.09. The number of aromatic nitrogens is 2. The number of nitrogens with zero attached hydrogens (tertiary/aromatic N) is 2. The summed E-state index contributed by atoms with van der Waals surface area (Å²) < 4.78 is 7.73. The first-order valence-electron chi connectivity index (χ1n) is 7.69. The number of imidazole rings is 1. The van der Waals surface area contributed by atoms with E-state index in [0.29, 0.717) is 6.61 Å². The highest BCUT2D eigenvalue weighted by molar-refractivity contribution is 5.26. The fourth-order valence-corrected chi connectivity index (χ4v) is 2.35. The van der Waals surface area contributed by atoms with Crippen LogP contribution in [0.25, 0.3) is 0 Å². The Bertz CT molecular complexity index is 536. The van der Waals surface area contributed by atoms with Gasteiger partial charge < -0.3 is 14.6 Å². The number of benzene rings is 1. The second kappa shape index (κ2) is 8.60. The molecule has 0 amide bonds. The zero-order valence-corrected chi connectivity index (χ0v) is 13.0. The molecule has 21 heavy (non-hydrogen) atoms. The topological polar surface area (TPSA) is 39.1 Å². The summed E-state index contributed by atoms with van der Waals surface area (Å²) >= 11 is 0. The Balaban J connectivity index is 1.89. The molecule has 0 saturated heterocycles. The van der Waals surface area contributed by atoms with E-state index < -0.39 is 0 Å². The van der Waals surface area contributed by atoms with Gasteiger partial charge >= 0.3 is 0 Å². The van der Waals surface area contributed by atoms with E-state index in [-0.39, 0.29) is 0 Å². The van der Waals surface area contributed by atoms with E-state index in [2.05, 4.69) is 46.1 Å². The van der Waals surface area contributed by atoms with Gasteiger partial charge in [0.05, 0.1) is 18.6 Å². The van der Waals surface area contributed by atoms with Crippen molar-refractivity contribution in [3.63, 3.8) is 0 Å². The minimum Gasteiger partial charge on any atom is -0.377 e. The van der Waals surface area contributed by atoms with Gasteiger partial charge in [0.2, 0.25) is 0 Å². The lowest BCUT2D eigenvalue weighted by Gasteiger charge is -2.11. The van der Waals surface area contributed by atoms with Crippen LogP contribution in [0.1, 0.15) is 37.1 Å². The van der Waals surface area contributed by atoms with Gasteiger partial charge in [-0.3, -0.25) is 0 Å². The van der Waals surface area contributed by atoms with Crippen molar-refractivity contribution in [1.29, 1.82) is 0 Å². The number of hydrogen-bond donors (Lipinski definition) is 1. The molecule has 1 aromatic carbocycles. The molecule has 1 N–H and O–H groups in total. The van der Waals surface area contributed by atoms with Crippen molar-refractivity contribution in [2.45, 2.75) is 46.5 Å². The van der Waals surface area contributed by atoms with E-state index in [4.69, 9.17) is 4.74 Å². The fourth-order valence-electron chi connectivity index (χ4n) is 2.35. The first-order chi connectivity index (χ1) is 10.3. The van der Waals surface area contributed by atoms with E-state index in [1.165, 1.54) is 16.8 Å². The number of nitrogens with one attached hydrogen (secondary N) is 1. The van der Waals surface area contributed by atoms with Crippen LogP contribution in [0.2, 0.25) is 0 Å². The van der Waals surface area contributed by atoms with Gasteiger partial charge in [-0.05, 0) is 24.5 Å². The Morgan fingerprint density at radius 3 is 2.71 bits per heavy atom. The number of rotatable bonds is 9. The lowest BCUT2D eigenvalue weighted by molar-refractivity contribution is 0.133. The van der Waals surface area contributed by atoms with Gasteiger partial charge in [0.1, 0.15) is 0 Å². The van der Waals surface area contributed by atoms with E-state index in [1.54, 1.807) is 0 Å². The van der Waals surface area contributed by atoms with Gasteiger partial charge in [-0.1, -0.05) is 31.2 Å². The van der Waals surface area contributed by atoms with Crippen LogP contribution >= 0.6 is 0 Å². The van der Waals surface area contributed by atoms with Crippen LogP contribution in [0.15, 0.2) is 36.8 Å². The molecule has 0 bridgehead atoms. The minimum absolute atomic E-state index is 0.683. The average molecular weight is 287 g/mol. The van der Waals surface area contributed by atoms with Gasteiger partial charge in [0.25, 0.3) is 0 Å². The number of hydrogen-bond acceptors (Lipinski definition) is 3. The SMILES string of the molecule is CCCn1cncc1CNCc1ccccc1COCC. The molecular formula is C17H25N3O. The molecule has 2 rings (SSSR count). The minimum atomic E-state index is 0.683. The molecule has 0 aliphatic carbocycles. The molecule has 4 heteroatoms. The Morgan fingerprint density at radius 2 is 1.95 bits per heavy atom. The van der Waals surface area contributed by atoms with Crippen LogP contribution in [-0.2, 0) is 31.0 Å². The first-order valence-corrected chi connectivity index (χ1v) is 7.69. The van der Waals surface area contributed by atoms with Crippen LogP contribution in [0.3, 0.4) is 0 Å². The summed E-state index contributed by atoms with van der Waals surface area (Å²) in [5.41, 5.74) is 3.79. The van der Waals surface area contributed by atoms with Crippen LogP contribution in [0.4, 0.5) is 0 Å². The third kappa shape index (κ3) is 4.69. The molecule has 0 saturated carbocycles. The van der Waals surface area contributed by atoms with Crippen molar-refractivity contribution >= 4 is 0 Å². The number of aryl methyl sites for hydroxylation is 1. The Labute approximate surface area is 127 Å². The summed E-state index contributed by atoms with van der Waals surface area (Å²) in [7, 11) is 0. The number of ether oxygens (including phenoxy) is 1. The molecule has 1 aromatic heterocycles. The average Bonchev–Trinajstić information content (AvgIpc) is 2.94. The third-order valence-electron chi connectivity index (χ3n) is 3.46. The molecule has 0 aliphatic heterocycles. The second-order valence-corrected chi connectivity index (χ2v) is 5.09. The lowest BCUT2D eigenvalue weighted by Crippen LogP contribution is -2.17. The van der Waals surface area contributed by atoms with Crippen LogP contribution in [0, 0.1) is 0 Å². The van der Waals surface area contributed by atoms with Crippen molar-refractivity contribution in [1.82, 2.24) is 14.9 Å².